The van der Waals surface area contributed by atoms with Crippen LogP contribution in [0, 0.1) is 11.8 Å². The summed E-state index contributed by atoms with van der Waals surface area (Å²) in [6.07, 6.45) is 1.28. The molecule has 2 aliphatic heterocycles. The van der Waals surface area contributed by atoms with E-state index in [0.29, 0.717) is 12.6 Å². The molecule has 2 saturated heterocycles. The fraction of sp³-hybridized carbons (Fsp3) is 0.625. The Morgan fingerprint density at radius 1 is 1.29 bits per heavy atom. The predicted octanol–water partition coefficient (Wildman–Crippen LogP) is 0.965. The number of nitrogens with zero attached hydrogens (tertiary/aromatic N) is 2. The average molecular weight is 305 g/mol. The third kappa shape index (κ3) is 4.06. The van der Waals surface area contributed by atoms with Crippen molar-refractivity contribution in [3.63, 3.8) is 0 Å². The summed E-state index contributed by atoms with van der Waals surface area (Å²) in [5.74, 6) is 6.03. The van der Waals surface area contributed by atoms with E-state index < -0.39 is 0 Å². The lowest BCUT2D eigenvalue weighted by atomic mass is 10.2. The van der Waals surface area contributed by atoms with Crippen molar-refractivity contribution in [1.29, 1.82) is 0 Å². The van der Waals surface area contributed by atoms with Crippen LogP contribution in [-0.4, -0.2) is 61.8 Å². The Hall–Kier alpha value is -0.900. The fourth-order valence-electron chi connectivity index (χ4n) is 3.09. The van der Waals surface area contributed by atoms with E-state index in [4.69, 9.17) is 10.5 Å². The van der Waals surface area contributed by atoms with E-state index in [1.165, 1.54) is 24.4 Å². The molecular formula is C16H23N3OS. The fourth-order valence-corrected chi connectivity index (χ4v) is 4.01. The molecule has 2 aliphatic rings. The van der Waals surface area contributed by atoms with Crippen LogP contribution in [0.1, 0.15) is 16.2 Å². The van der Waals surface area contributed by atoms with Gasteiger partial charge in [-0.05, 0) is 18.6 Å². The smallest absolute Gasteiger partial charge is 0.0772 e. The van der Waals surface area contributed by atoms with Crippen molar-refractivity contribution in [2.24, 2.45) is 5.73 Å². The molecule has 1 unspecified atom stereocenters. The summed E-state index contributed by atoms with van der Waals surface area (Å²) in [6.45, 7) is 7.84. The molecule has 4 nitrogen and oxygen atoms in total. The van der Waals surface area contributed by atoms with Crippen LogP contribution >= 0.6 is 11.3 Å². The maximum atomic E-state index is 5.44. The first-order valence-electron chi connectivity index (χ1n) is 7.67. The van der Waals surface area contributed by atoms with E-state index in [9.17, 15) is 0 Å². The minimum absolute atomic E-state index is 0.431. The standard InChI is InChI=1S/C16H23N3OS/c17-6-1-2-15-3-4-16(21-15)13-18-7-5-14(12-18)19-8-10-20-11-9-19/h3-4,14H,5-13,17H2. The summed E-state index contributed by atoms with van der Waals surface area (Å²) >= 11 is 1.79. The molecule has 21 heavy (non-hydrogen) atoms. The first-order valence-corrected chi connectivity index (χ1v) is 8.48. The topological polar surface area (TPSA) is 41.7 Å². The third-order valence-electron chi connectivity index (χ3n) is 4.16. The van der Waals surface area contributed by atoms with Crippen molar-refractivity contribution in [2.45, 2.75) is 19.0 Å². The first kappa shape index (κ1) is 15.0. The molecule has 2 N–H and O–H groups in total. The number of nitrogens with two attached hydrogens (primary N) is 1. The third-order valence-corrected chi connectivity index (χ3v) is 5.15. The van der Waals surface area contributed by atoms with Gasteiger partial charge in [0.05, 0.1) is 24.6 Å². The zero-order valence-corrected chi connectivity index (χ0v) is 13.2. The van der Waals surface area contributed by atoms with Gasteiger partial charge in [-0.25, -0.2) is 0 Å². The normalized spacial score (nSPS) is 24.0. The Bertz CT molecular complexity index is 513. The second kappa shape index (κ2) is 7.39. The van der Waals surface area contributed by atoms with Crippen LogP contribution in [-0.2, 0) is 11.3 Å². The molecule has 0 saturated carbocycles. The van der Waals surface area contributed by atoms with Gasteiger partial charge in [0.1, 0.15) is 0 Å². The van der Waals surface area contributed by atoms with Crippen molar-refractivity contribution < 1.29 is 4.74 Å². The Labute approximate surface area is 130 Å². The van der Waals surface area contributed by atoms with Gasteiger partial charge in [0.2, 0.25) is 0 Å². The van der Waals surface area contributed by atoms with Crippen LogP contribution in [0.2, 0.25) is 0 Å². The molecule has 2 fully saturated rings. The minimum atomic E-state index is 0.431. The predicted molar refractivity (Wildman–Crippen MR) is 86.3 cm³/mol. The van der Waals surface area contributed by atoms with Gasteiger partial charge < -0.3 is 10.5 Å². The van der Waals surface area contributed by atoms with Crippen LogP contribution in [0.4, 0.5) is 0 Å². The highest BCUT2D eigenvalue weighted by molar-refractivity contribution is 7.12. The van der Waals surface area contributed by atoms with Gasteiger partial charge in [-0.2, -0.15) is 0 Å². The minimum Gasteiger partial charge on any atom is -0.379 e. The number of likely N-dealkylation sites (tertiary alicyclic amines) is 1. The van der Waals surface area contributed by atoms with E-state index in [0.717, 1.165) is 37.7 Å². The lowest BCUT2D eigenvalue weighted by molar-refractivity contribution is 0.0184. The van der Waals surface area contributed by atoms with Crippen molar-refractivity contribution >= 4 is 11.3 Å². The van der Waals surface area contributed by atoms with Crippen molar-refractivity contribution in [3.05, 3.63) is 21.9 Å². The molecule has 0 aromatic carbocycles. The zero-order chi connectivity index (χ0) is 14.5. The second-order valence-corrected chi connectivity index (χ2v) is 6.77. The van der Waals surface area contributed by atoms with Crippen molar-refractivity contribution in [1.82, 2.24) is 9.80 Å². The lowest BCUT2D eigenvalue weighted by Gasteiger charge is -2.32. The monoisotopic (exact) mass is 305 g/mol. The molecule has 0 radical (unpaired) electrons. The van der Waals surface area contributed by atoms with Gasteiger partial charge >= 0.3 is 0 Å². The Morgan fingerprint density at radius 3 is 2.95 bits per heavy atom. The molecular weight excluding hydrogens is 282 g/mol. The first-order chi connectivity index (χ1) is 10.3. The van der Waals surface area contributed by atoms with E-state index in [1.54, 1.807) is 11.3 Å². The molecule has 0 bridgehead atoms. The molecule has 3 heterocycles. The number of rotatable bonds is 3. The van der Waals surface area contributed by atoms with E-state index in [-0.39, 0.29) is 0 Å². The summed E-state index contributed by atoms with van der Waals surface area (Å²) in [5, 5.41) is 0. The number of hydrogen-bond donors (Lipinski definition) is 1. The van der Waals surface area contributed by atoms with Gasteiger partial charge in [-0.1, -0.05) is 11.8 Å². The van der Waals surface area contributed by atoms with Crippen molar-refractivity contribution in [3.8, 4) is 11.8 Å². The van der Waals surface area contributed by atoms with Crippen LogP contribution in [0.15, 0.2) is 12.1 Å². The molecule has 3 rings (SSSR count). The molecule has 0 amide bonds. The largest absolute Gasteiger partial charge is 0.379 e. The molecule has 5 heteroatoms. The highest BCUT2D eigenvalue weighted by atomic mass is 32.1. The van der Waals surface area contributed by atoms with Crippen LogP contribution in [0.25, 0.3) is 0 Å². The molecule has 1 atom stereocenters. The molecule has 0 spiro atoms. The molecule has 1 aromatic rings. The number of ether oxygens (including phenoxy) is 1. The maximum absolute atomic E-state index is 5.44. The maximum Gasteiger partial charge on any atom is 0.0772 e. The van der Waals surface area contributed by atoms with Crippen LogP contribution < -0.4 is 5.73 Å². The summed E-state index contributed by atoms with van der Waals surface area (Å²) < 4.78 is 5.44. The molecule has 1 aromatic heterocycles. The van der Waals surface area contributed by atoms with Gasteiger partial charge in [-0.15, -0.1) is 11.3 Å². The SMILES string of the molecule is NCC#Cc1ccc(CN2CCC(N3CCOCC3)C2)s1. The number of hydrogen-bond acceptors (Lipinski definition) is 5. The van der Waals surface area contributed by atoms with E-state index in [1.807, 2.05) is 0 Å². The van der Waals surface area contributed by atoms with Gasteiger partial charge in [0.15, 0.2) is 0 Å². The van der Waals surface area contributed by atoms with E-state index in [2.05, 4.69) is 33.8 Å². The Balaban J connectivity index is 1.51. The van der Waals surface area contributed by atoms with E-state index >= 15 is 0 Å². The summed E-state index contributed by atoms with van der Waals surface area (Å²) in [6, 6.07) is 5.02. The van der Waals surface area contributed by atoms with Crippen molar-refractivity contribution in [2.75, 3.05) is 45.9 Å². The summed E-state index contributed by atoms with van der Waals surface area (Å²) in [7, 11) is 0. The highest BCUT2D eigenvalue weighted by Gasteiger charge is 2.28. The summed E-state index contributed by atoms with van der Waals surface area (Å²) in [5.41, 5.74) is 5.41. The average Bonchev–Trinajstić information content (AvgIpc) is 3.16. The zero-order valence-electron chi connectivity index (χ0n) is 12.4. The van der Waals surface area contributed by atoms with Gasteiger partial charge in [0.25, 0.3) is 0 Å². The second-order valence-electron chi connectivity index (χ2n) is 5.60. The van der Waals surface area contributed by atoms with Crippen LogP contribution in [0.3, 0.4) is 0 Å². The molecule has 114 valence electrons. The quantitative estimate of drug-likeness (QED) is 0.845. The van der Waals surface area contributed by atoms with Gasteiger partial charge in [-0.3, -0.25) is 9.80 Å². The van der Waals surface area contributed by atoms with Gasteiger partial charge in [0, 0.05) is 43.6 Å². The number of thiophene rings is 1. The number of morpholine rings is 1. The highest BCUT2D eigenvalue weighted by Crippen LogP contribution is 2.22. The Kier molecular flexibility index (Phi) is 5.28. The van der Waals surface area contributed by atoms with Crippen LogP contribution in [0.5, 0.6) is 0 Å². The summed E-state index contributed by atoms with van der Waals surface area (Å²) in [4.78, 5) is 7.68. The lowest BCUT2D eigenvalue weighted by Crippen LogP contribution is -2.44. The Morgan fingerprint density at radius 2 is 2.14 bits per heavy atom. The molecule has 0 aliphatic carbocycles.